The van der Waals surface area contributed by atoms with Crippen molar-refractivity contribution in [1.82, 2.24) is 0 Å². The molecule has 108 valence electrons. The summed E-state index contributed by atoms with van der Waals surface area (Å²) in [5.74, 6) is -0.581. The lowest BCUT2D eigenvalue weighted by Crippen LogP contribution is -2.39. The number of amides is 1. The molecule has 1 heterocycles. The van der Waals surface area contributed by atoms with E-state index in [0.29, 0.717) is 17.8 Å². The fourth-order valence-corrected chi connectivity index (χ4v) is 4.02. The molecule has 2 rings (SSSR count). The molecule has 5 heteroatoms. The molecule has 0 aliphatic carbocycles. The van der Waals surface area contributed by atoms with E-state index in [9.17, 15) is 9.59 Å². The number of nitrogens with zero attached hydrogens (tertiary/aromatic N) is 1. The van der Waals surface area contributed by atoms with Gasteiger partial charge in [0.25, 0.3) is 11.7 Å². The number of para-hydroxylation sites is 1. The van der Waals surface area contributed by atoms with Crippen molar-refractivity contribution in [2.24, 2.45) is 11.3 Å². The third kappa shape index (κ3) is 2.70. The Morgan fingerprint density at radius 3 is 2.45 bits per heavy atom. The third-order valence-electron chi connectivity index (χ3n) is 3.75. The van der Waals surface area contributed by atoms with Gasteiger partial charge in [-0.2, -0.15) is 0 Å². The van der Waals surface area contributed by atoms with Gasteiger partial charge in [0.15, 0.2) is 0 Å². The highest BCUT2D eigenvalue weighted by Crippen LogP contribution is 2.38. The molecule has 0 saturated carbocycles. The van der Waals surface area contributed by atoms with Gasteiger partial charge < -0.3 is 4.90 Å². The van der Waals surface area contributed by atoms with Gasteiger partial charge in [0.05, 0.1) is 11.3 Å². The van der Waals surface area contributed by atoms with E-state index in [2.05, 4.69) is 52.6 Å². The summed E-state index contributed by atoms with van der Waals surface area (Å²) < 4.78 is 0.788. The highest BCUT2D eigenvalue weighted by atomic mass is 79.9. The first-order chi connectivity index (χ1) is 9.27. The van der Waals surface area contributed by atoms with Crippen molar-refractivity contribution in [1.29, 1.82) is 0 Å². The van der Waals surface area contributed by atoms with Gasteiger partial charge in [0.2, 0.25) is 0 Å². The molecular formula is C15H17Br2NO2. The summed E-state index contributed by atoms with van der Waals surface area (Å²) >= 11 is 6.97. The fraction of sp³-hybridized carbons (Fsp3) is 0.467. The summed E-state index contributed by atoms with van der Waals surface area (Å²) in [6.07, 6.45) is 0. The van der Waals surface area contributed by atoms with Crippen molar-refractivity contribution in [3.05, 3.63) is 28.2 Å². The molecule has 1 aromatic rings. The SMILES string of the molecule is CC(C)(C)C(CBr)CN1C(=O)C(=O)c2cccc(Br)c21. The summed E-state index contributed by atoms with van der Waals surface area (Å²) in [7, 11) is 0. The molecule has 1 aliphatic rings. The number of benzene rings is 1. The highest BCUT2D eigenvalue weighted by molar-refractivity contribution is 9.10. The lowest BCUT2D eigenvalue weighted by atomic mass is 9.82. The number of fused-ring (bicyclic) bond motifs is 1. The molecule has 0 fully saturated rings. The van der Waals surface area contributed by atoms with E-state index >= 15 is 0 Å². The van der Waals surface area contributed by atoms with Gasteiger partial charge in [0.1, 0.15) is 0 Å². The Morgan fingerprint density at radius 2 is 1.90 bits per heavy atom. The van der Waals surface area contributed by atoms with Crippen molar-refractivity contribution in [3.63, 3.8) is 0 Å². The summed E-state index contributed by atoms with van der Waals surface area (Å²) in [6, 6.07) is 5.35. The zero-order valence-electron chi connectivity index (χ0n) is 11.7. The minimum Gasteiger partial charge on any atom is -0.303 e. The second kappa shape index (κ2) is 5.60. The van der Waals surface area contributed by atoms with Crippen LogP contribution in [0, 0.1) is 11.3 Å². The predicted octanol–water partition coefficient (Wildman–Crippen LogP) is 4.04. The molecule has 1 unspecified atom stereocenters. The second-order valence-electron chi connectivity index (χ2n) is 6.10. The summed E-state index contributed by atoms with van der Waals surface area (Å²) in [5.41, 5.74) is 1.25. The first kappa shape index (κ1) is 15.7. The fourth-order valence-electron chi connectivity index (χ4n) is 2.26. The van der Waals surface area contributed by atoms with Gasteiger partial charge in [-0.1, -0.05) is 42.8 Å². The van der Waals surface area contributed by atoms with E-state index < -0.39 is 11.7 Å². The number of hydrogen-bond acceptors (Lipinski definition) is 2. The van der Waals surface area contributed by atoms with Gasteiger partial charge in [-0.25, -0.2) is 0 Å². The first-order valence-electron chi connectivity index (χ1n) is 6.48. The average molecular weight is 403 g/mol. The zero-order valence-corrected chi connectivity index (χ0v) is 14.9. The van der Waals surface area contributed by atoms with Crippen LogP contribution in [0.25, 0.3) is 0 Å². The number of Topliss-reactive ketones (excluding diaryl/α,β-unsaturated/α-hetero) is 1. The monoisotopic (exact) mass is 401 g/mol. The minimum absolute atomic E-state index is 0.0524. The Labute approximate surface area is 136 Å². The molecule has 1 atom stereocenters. The standard InChI is InChI=1S/C15H17Br2NO2/c1-15(2,3)9(7-16)8-18-12-10(13(19)14(18)20)5-4-6-11(12)17/h4-6,9H,7-8H2,1-3H3. The van der Waals surface area contributed by atoms with Crippen LogP contribution in [0.15, 0.2) is 22.7 Å². The molecule has 0 saturated heterocycles. The van der Waals surface area contributed by atoms with E-state index in [4.69, 9.17) is 0 Å². The second-order valence-corrected chi connectivity index (χ2v) is 7.60. The molecule has 3 nitrogen and oxygen atoms in total. The molecule has 1 aliphatic heterocycles. The first-order valence-corrected chi connectivity index (χ1v) is 8.39. The predicted molar refractivity (Wildman–Crippen MR) is 87.6 cm³/mol. The molecule has 0 bridgehead atoms. The number of halogens is 2. The van der Waals surface area contributed by atoms with Gasteiger partial charge in [0, 0.05) is 16.3 Å². The minimum atomic E-state index is -0.429. The summed E-state index contributed by atoms with van der Waals surface area (Å²) in [4.78, 5) is 25.9. The number of anilines is 1. The van der Waals surface area contributed by atoms with Crippen LogP contribution in [-0.4, -0.2) is 23.6 Å². The largest absolute Gasteiger partial charge is 0.303 e. The van der Waals surface area contributed by atoms with Gasteiger partial charge >= 0.3 is 0 Å². The van der Waals surface area contributed by atoms with Crippen molar-refractivity contribution in [2.45, 2.75) is 20.8 Å². The van der Waals surface area contributed by atoms with Crippen LogP contribution < -0.4 is 4.90 Å². The maximum Gasteiger partial charge on any atom is 0.299 e. The summed E-state index contributed by atoms with van der Waals surface area (Å²) in [6.45, 7) is 6.96. The van der Waals surface area contributed by atoms with Gasteiger partial charge in [-0.05, 0) is 39.4 Å². The molecule has 0 N–H and O–H groups in total. The zero-order chi connectivity index (χ0) is 15.1. The van der Waals surface area contributed by atoms with E-state index in [1.165, 1.54) is 0 Å². The lowest BCUT2D eigenvalue weighted by molar-refractivity contribution is -0.114. The van der Waals surface area contributed by atoms with Gasteiger partial charge in [-0.15, -0.1) is 0 Å². The number of carbonyl (C=O) groups excluding carboxylic acids is 2. The average Bonchev–Trinajstić information content (AvgIpc) is 2.60. The van der Waals surface area contributed by atoms with Crippen molar-refractivity contribution in [3.8, 4) is 0 Å². The number of carbonyl (C=O) groups is 2. The Balaban J connectivity index is 2.40. The van der Waals surface area contributed by atoms with E-state index in [1.54, 1.807) is 17.0 Å². The van der Waals surface area contributed by atoms with Crippen LogP contribution in [0.1, 0.15) is 31.1 Å². The van der Waals surface area contributed by atoms with Crippen molar-refractivity contribution < 1.29 is 9.59 Å². The van der Waals surface area contributed by atoms with E-state index in [0.717, 1.165) is 9.80 Å². The van der Waals surface area contributed by atoms with Gasteiger partial charge in [-0.3, -0.25) is 9.59 Å². The molecular weight excluding hydrogens is 386 g/mol. The molecule has 0 radical (unpaired) electrons. The Bertz CT molecular complexity index is 563. The number of hydrogen-bond donors (Lipinski definition) is 0. The highest BCUT2D eigenvalue weighted by Gasteiger charge is 2.39. The normalized spacial score (nSPS) is 16.6. The number of alkyl halides is 1. The van der Waals surface area contributed by atoms with Crippen LogP contribution in [-0.2, 0) is 4.79 Å². The molecule has 0 aromatic heterocycles. The van der Waals surface area contributed by atoms with Crippen LogP contribution in [0.2, 0.25) is 0 Å². The summed E-state index contributed by atoms with van der Waals surface area (Å²) in [5, 5.41) is 0.786. The smallest absolute Gasteiger partial charge is 0.299 e. The van der Waals surface area contributed by atoms with Crippen LogP contribution in [0.4, 0.5) is 5.69 Å². The van der Waals surface area contributed by atoms with Crippen LogP contribution in [0.3, 0.4) is 0 Å². The Morgan fingerprint density at radius 1 is 1.25 bits per heavy atom. The Hall–Kier alpha value is -0.680. The molecule has 0 spiro atoms. The van der Waals surface area contributed by atoms with Crippen LogP contribution >= 0.6 is 31.9 Å². The maximum atomic E-state index is 12.2. The molecule has 1 aromatic carbocycles. The quantitative estimate of drug-likeness (QED) is 0.565. The molecule has 20 heavy (non-hydrogen) atoms. The Kier molecular flexibility index (Phi) is 4.40. The lowest BCUT2D eigenvalue weighted by Gasteiger charge is -2.32. The number of rotatable bonds is 3. The van der Waals surface area contributed by atoms with Crippen molar-refractivity contribution in [2.75, 3.05) is 16.8 Å². The van der Waals surface area contributed by atoms with Crippen LogP contribution in [0.5, 0.6) is 0 Å². The van der Waals surface area contributed by atoms with Crippen molar-refractivity contribution >= 4 is 49.2 Å². The van der Waals surface area contributed by atoms with E-state index in [-0.39, 0.29) is 11.3 Å². The molecule has 1 amide bonds. The maximum absolute atomic E-state index is 12.2. The number of ketones is 1. The topological polar surface area (TPSA) is 37.4 Å². The third-order valence-corrected chi connectivity index (χ3v) is 5.18. The van der Waals surface area contributed by atoms with E-state index in [1.807, 2.05) is 6.07 Å².